The van der Waals surface area contributed by atoms with Crippen LogP contribution in [0.3, 0.4) is 0 Å². The van der Waals surface area contributed by atoms with Crippen molar-refractivity contribution < 1.29 is 18.4 Å². The summed E-state index contributed by atoms with van der Waals surface area (Å²) in [4.78, 5) is 37.5. The van der Waals surface area contributed by atoms with Crippen LogP contribution in [-0.2, 0) is 9.59 Å². The molecule has 220 valence electrons. The molecule has 0 radical (unpaired) electrons. The van der Waals surface area contributed by atoms with Crippen LogP contribution in [0.5, 0.6) is 0 Å². The lowest BCUT2D eigenvalue weighted by Gasteiger charge is -2.59. The summed E-state index contributed by atoms with van der Waals surface area (Å²) in [6.45, 7) is 8.06. The van der Waals surface area contributed by atoms with E-state index in [0.29, 0.717) is 11.5 Å². The second kappa shape index (κ2) is 13.0. The molecule has 3 saturated carbocycles. The number of nitrogens with one attached hydrogen (secondary N) is 2. The number of hydrogen-bond donors (Lipinski definition) is 2. The second-order valence-corrected chi connectivity index (χ2v) is 12.0. The van der Waals surface area contributed by atoms with Crippen molar-refractivity contribution in [2.45, 2.75) is 57.0 Å². The van der Waals surface area contributed by atoms with E-state index in [1.807, 2.05) is 0 Å². The van der Waals surface area contributed by atoms with Gasteiger partial charge < -0.3 is 15.5 Å². The van der Waals surface area contributed by atoms with Gasteiger partial charge in [-0.15, -0.1) is 0 Å². The van der Waals surface area contributed by atoms with Gasteiger partial charge in [0.1, 0.15) is 0 Å². The fourth-order valence-corrected chi connectivity index (χ4v) is 6.11. The Morgan fingerprint density at radius 1 is 0.878 bits per heavy atom. The quantitative estimate of drug-likeness (QED) is 0.234. The zero-order chi connectivity index (χ0) is 29.8. The Hall–Kier alpha value is -2.89. The minimum absolute atomic E-state index is 0.0225. The third-order valence-electron chi connectivity index (χ3n) is 7.94. The fraction of sp³-hybridized carbons (Fsp3) is 0.481. The molecule has 41 heavy (non-hydrogen) atoms. The van der Waals surface area contributed by atoms with Gasteiger partial charge in [-0.2, -0.15) is 9.97 Å². The van der Waals surface area contributed by atoms with Crippen LogP contribution in [0.4, 0.5) is 20.4 Å². The molecule has 6 rings (SSSR count). The van der Waals surface area contributed by atoms with Crippen LogP contribution in [0.25, 0.3) is 0 Å². The van der Waals surface area contributed by atoms with E-state index in [0.717, 1.165) is 57.2 Å². The van der Waals surface area contributed by atoms with Gasteiger partial charge in [0.15, 0.2) is 23.3 Å². The Morgan fingerprint density at radius 2 is 1.32 bits per heavy atom. The van der Waals surface area contributed by atoms with Crippen molar-refractivity contribution in [1.29, 1.82) is 0 Å². The van der Waals surface area contributed by atoms with E-state index in [4.69, 9.17) is 34.8 Å². The summed E-state index contributed by atoms with van der Waals surface area (Å²) in [6, 6.07) is 0.511. The van der Waals surface area contributed by atoms with Gasteiger partial charge in [-0.3, -0.25) is 9.59 Å². The highest BCUT2D eigenvalue weighted by molar-refractivity contribution is 6.66. The molecular formula is C27H30Cl3F2N7O2. The van der Waals surface area contributed by atoms with Crippen molar-refractivity contribution in [3.8, 4) is 0 Å². The SMILES string of the molecule is C=CC(=O)Cl.C=CC(=O)N1CC2(CC(Nc3nc(Cl)ncc3F)C2)C1.Fc1cnc(Cl)nc1NC1CC2(CCC2)C1. The molecule has 1 amide bonds. The molecule has 0 unspecified atom stereocenters. The van der Waals surface area contributed by atoms with Crippen LogP contribution in [0.1, 0.15) is 44.9 Å². The van der Waals surface area contributed by atoms with E-state index in [2.05, 4.69) is 43.7 Å². The lowest BCUT2D eigenvalue weighted by Crippen LogP contribution is -2.65. The molecule has 0 atom stereocenters. The molecule has 2 N–H and O–H groups in total. The number of nitrogens with zero attached hydrogens (tertiary/aromatic N) is 5. The monoisotopic (exact) mass is 627 g/mol. The largest absolute Gasteiger partial charge is 0.365 e. The molecule has 3 heterocycles. The van der Waals surface area contributed by atoms with Gasteiger partial charge in [-0.05, 0) is 90.9 Å². The molecule has 0 bridgehead atoms. The molecule has 1 saturated heterocycles. The molecule has 0 aromatic carbocycles. The van der Waals surface area contributed by atoms with Gasteiger partial charge in [0.05, 0.1) is 12.4 Å². The fourth-order valence-electron chi connectivity index (χ4n) is 5.85. The summed E-state index contributed by atoms with van der Waals surface area (Å²) in [5.41, 5.74) is 0.759. The lowest BCUT2D eigenvalue weighted by atomic mass is 9.54. The number of rotatable bonds is 6. The first-order valence-corrected chi connectivity index (χ1v) is 14.2. The number of carbonyl (C=O) groups excluding carboxylic acids is 2. The molecule has 1 aliphatic heterocycles. The zero-order valence-electron chi connectivity index (χ0n) is 22.2. The van der Waals surface area contributed by atoms with Crippen molar-refractivity contribution >= 4 is 57.6 Å². The molecular weight excluding hydrogens is 599 g/mol. The third kappa shape index (κ3) is 7.69. The number of hydrogen-bond acceptors (Lipinski definition) is 8. The maximum absolute atomic E-state index is 13.5. The van der Waals surface area contributed by atoms with E-state index in [1.54, 1.807) is 4.90 Å². The summed E-state index contributed by atoms with van der Waals surface area (Å²) < 4.78 is 26.8. The van der Waals surface area contributed by atoms with Crippen LogP contribution in [-0.4, -0.2) is 61.2 Å². The van der Waals surface area contributed by atoms with Crippen LogP contribution in [0.2, 0.25) is 10.6 Å². The van der Waals surface area contributed by atoms with Crippen LogP contribution in [0, 0.1) is 22.5 Å². The Balaban J connectivity index is 0.000000165. The standard InChI is InChI=1S/C13H14ClFN4O.C11H13ClFN3.C3H3ClO/c1-2-10(20)19-6-13(7-19)3-8(4-13)17-11-9(15)5-16-12(14)18-11;12-10-14-6-8(13)9(16-10)15-7-4-11(5-7)2-1-3-11;1-2-3(4)5/h2,5,8H,1,3-4,6-7H2,(H,16,17,18);6-7H,1-5H2,(H,14,15,16);2H,1H2. The Morgan fingerprint density at radius 3 is 1.68 bits per heavy atom. The summed E-state index contributed by atoms with van der Waals surface area (Å²) in [7, 11) is 0. The smallest absolute Gasteiger partial charge is 0.245 e. The lowest BCUT2D eigenvalue weighted by molar-refractivity contribution is -0.144. The molecule has 2 aromatic rings. The van der Waals surface area contributed by atoms with E-state index in [9.17, 15) is 18.4 Å². The first kappa shape index (κ1) is 31.1. The Kier molecular flexibility index (Phi) is 9.81. The predicted molar refractivity (Wildman–Crippen MR) is 154 cm³/mol. The van der Waals surface area contributed by atoms with Crippen LogP contribution >= 0.6 is 34.8 Å². The minimum Gasteiger partial charge on any atom is -0.365 e. The molecule has 4 fully saturated rings. The number of amides is 1. The highest BCUT2D eigenvalue weighted by Gasteiger charge is 2.53. The average Bonchev–Trinajstić information content (AvgIpc) is 2.85. The molecule has 9 nitrogen and oxygen atoms in total. The second-order valence-electron chi connectivity index (χ2n) is 10.9. The van der Waals surface area contributed by atoms with E-state index < -0.39 is 16.9 Å². The van der Waals surface area contributed by atoms with Crippen LogP contribution < -0.4 is 10.6 Å². The van der Waals surface area contributed by atoms with Crippen LogP contribution in [0.15, 0.2) is 37.7 Å². The summed E-state index contributed by atoms with van der Waals surface area (Å²) in [6.07, 6.45) is 12.6. The van der Waals surface area contributed by atoms with Gasteiger partial charge in [0.25, 0.3) is 0 Å². The van der Waals surface area contributed by atoms with Gasteiger partial charge >= 0.3 is 0 Å². The first-order valence-electron chi connectivity index (χ1n) is 13.1. The molecule has 2 spiro atoms. The Bertz CT molecular complexity index is 1310. The average molecular weight is 629 g/mol. The van der Waals surface area contributed by atoms with Crippen molar-refractivity contribution in [2.75, 3.05) is 23.7 Å². The van der Waals surface area contributed by atoms with Gasteiger partial charge in [0, 0.05) is 30.6 Å². The number of likely N-dealkylation sites (tertiary alicyclic amines) is 1. The third-order valence-corrected chi connectivity index (χ3v) is 8.46. The van der Waals surface area contributed by atoms with E-state index in [1.165, 1.54) is 25.3 Å². The molecule has 3 aliphatic carbocycles. The van der Waals surface area contributed by atoms with Gasteiger partial charge in [-0.25, -0.2) is 18.7 Å². The number of aromatic nitrogens is 4. The van der Waals surface area contributed by atoms with E-state index >= 15 is 0 Å². The minimum atomic E-state index is -0.509. The topological polar surface area (TPSA) is 113 Å². The maximum atomic E-state index is 13.5. The van der Waals surface area contributed by atoms with Gasteiger partial charge in [-0.1, -0.05) is 19.6 Å². The molecule has 4 aliphatic rings. The van der Waals surface area contributed by atoms with Crippen molar-refractivity contribution in [2.24, 2.45) is 10.8 Å². The molecule has 2 aromatic heterocycles. The number of carbonyl (C=O) groups is 2. The predicted octanol–water partition coefficient (Wildman–Crippen LogP) is 5.81. The first-order chi connectivity index (χ1) is 19.4. The number of anilines is 2. The van der Waals surface area contributed by atoms with Crippen molar-refractivity contribution in [3.05, 3.63) is 59.9 Å². The van der Waals surface area contributed by atoms with Crippen molar-refractivity contribution in [3.63, 3.8) is 0 Å². The molecule has 14 heteroatoms. The van der Waals surface area contributed by atoms with Crippen molar-refractivity contribution in [1.82, 2.24) is 24.8 Å². The number of halogens is 5. The Labute approximate surface area is 251 Å². The number of allylic oxidation sites excluding steroid dienone is 1. The summed E-state index contributed by atoms with van der Waals surface area (Å²) >= 11 is 16.0. The van der Waals surface area contributed by atoms with E-state index in [-0.39, 0.29) is 39.6 Å². The summed E-state index contributed by atoms with van der Waals surface area (Å²) in [5.74, 6) is -0.589. The normalized spacial score (nSPS) is 20.8. The zero-order valence-corrected chi connectivity index (χ0v) is 24.5. The van der Waals surface area contributed by atoms with Gasteiger partial charge in [0.2, 0.25) is 21.7 Å². The maximum Gasteiger partial charge on any atom is 0.245 e. The highest BCUT2D eigenvalue weighted by atomic mass is 35.5. The summed E-state index contributed by atoms with van der Waals surface area (Å²) in [5, 5.41) is 5.73. The highest BCUT2D eigenvalue weighted by Crippen LogP contribution is 2.56.